The van der Waals surface area contributed by atoms with Gasteiger partial charge in [-0.3, -0.25) is 9.48 Å². The monoisotopic (exact) mass is 220 g/mol. The predicted molar refractivity (Wildman–Crippen MR) is 62.9 cm³/mol. The van der Waals surface area contributed by atoms with Gasteiger partial charge in [-0.15, -0.1) is 6.42 Å². The maximum Gasteiger partial charge on any atom is 0.242 e. The van der Waals surface area contributed by atoms with E-state index in [1.165, 1.54) is 0 Å². The van der Waals surface area contributed by atoms with Crippen LogP contribution in [0.5, 0.6) is 0 Å². The Hall–Kier alpha value is -1.96. The third-order valence-electron chi connectivity index (χ3n) is 2.14. The lowest BCUT2D eigenvalue weighted by molar-refractivity contribution is -0.121. The van der Waals surface area contributed by atoms with Crippen LogP contribution in [0.1, 0.15) is 12.6 Å². The Morgan fingerprint density at radius 3 is 2.94 bits per heavy atom. The fourth-order valence-corrected chi connectivity index (χ4v) is 1.33. The molecule has 0 aliphatic heterocycles. The van der Waals surface area contributed by atoms with Gasteiger partial charge in [0.1, 0.15) is 6.04 Å². The van der Waals surface area contributed by atoms with Gasteiger partial charge in [0.2, 0.25) is 5.91 Å². The van der Waals surface area contributed by atoms with Crippen molar-refractivity contribution in [1.82, 2.24) is 15.1 Å². The molecule has 5 heteroatoms. The van der Waals surface area contributed by atoms with Crippen LogP contribution in [-0.4, -0.2) is 28.3 Å². The summed E-state index contributed by atoms with van der Waals surface area (Å²) in [6.45, 7) is 3.91. The summed E-state index contributed by atoms with van der Waals surface area (Å²) in [7, 11) is 1.83. The number of aromatic nitrogens is 2. The maximum atomic E-state index is 11.5. The Labute approximate surface area is 95.2 Å². The van der Waals surface area contributed by atoms with Crippen molar-refractivity contribution in [3.8, 4) is 12.3 Å². The highest BCUT2D eigenvalue weighted by atomic mass is 16.2. The quantitative estimate of drug-likeness (QED) is 0.716. The molecular weight excluding hydrogens is 204 g/mol. The molecule has 0 bridgehead atoms. The summed E-state index contributed by atoms with van der Waals surface area (Å²) in [5.41, 5.74) is 1.71. The fraction of sp³-hybridized carbons (Fsp3) is 0.455. The molecule has 0 saturated heterocycles. The van der Waals surface area contributed by atoms with E-state index in [2.05, 4.69) is 21.7 Å². The number of aryl methyl sites for hydroxylation is 2. The Morgan fingerprint density at radius 1 is 1.75 bits per heavy atom. The molecule has 86 valence electrons. The molecule has 0 aromatic carbocycles. The molecule has 1 aromatic heterocycles. The minimum absolute atomic E-state index is 0.124. The van der Waals surface area contributed by atoms with E-state index >= 15 is 0 Å². The number of terminal acetylenes is 1. The number of anilines is 1. The Balaban J connectivity index is 2.57. The normalized spacial score (nSPS) is 11.6. The predicted octanol–water partition coefficient (Wildman–Crippen LogP) is 0.278. The summed E-state index contributed by atoms with van der Waals surface area (Å²) in [4.78, 5) is 11.5. The van der Waals surface area contributed by atoms with Gasteiger partial charge in [-0.25, -0.2) is 0 Å². The zero-order chi connectivity index (χ0) is 12.1. The van der Waals surface area contributed by atoms with Crippen molar-refractivity contribution in [3.63, 3.8) is 0 Å². The first kappa shape index (κ1) is 12.1. The van der Waals surface area contributed by atoms with E-state index in [0.717, 1.165) is 11.4 Å². The number of nitrogens with zero attached hydrogens (tertiary/aromatic N) is 2. The zero-order valence-electron chi connectivity index (χ0n) is 9.74. The summed E-state index contributed by atoms with van der Waals surface area (Å²) in [6, 6.07) is -0.337. The van der Waals surface area contributed by atoms with Gasteiger partial charge in [-0.05, 0) is 13.8 Å². The first-order valence-corrected chi connectivity index (χ1v) is 5.02. The molecule has 0 aliphatic carbocycles. The van der Waals surface area contributed by atoms with E-state index in [-0.39, 0.29) is 18.5 Å². The fourth-order valence-electron chi connectivity index (χ4n) is 1.33. The lowest BCUT2D eigenvalue weighted by Gasteiger charge is -2.13. The van der Waals surface area contributed by atoms with Crippen molar-refractivity contribution in [3.05, 3.63) is 11.9 Å². The van der Waals surface area contributed by atoms with Crippen LogP contribution in [0.15, 0.2) is 6.20 Å². The second-order valence-electron chi connectivity index (χ2n) is 3.59. The molecule has 0 fully saturated rings. The van der Waals surface area contributed by atoms with Crippen molar-refractivity contribution < 1.29 is 4.79 Å². The number of carbonyl (C=O) groups is 1. The van der Waals surface area contributed by atoms with Gasteiger partial charge < -0.3 is 10.6 Å². The van der Waals surface area contributed by atoms with Gasteiger partial charge in [-0.1, -0.05) is 5.92 Å². The molecule has 1 amide bonds. The van der Waals surface area contributed by atoms with Crippen LogP contribution in [-0.2, 0) is 11.8 Å². The molecule has 0 saturated carbocycles. The highest BCUT2D eigenvalue weighted by Crippen LogP contribution is 2.12. The maximum absolute atomic E-state index is 11.5. The minimum atomic E-state index is -0.337. The minimum Gasteiger partial charge on any atom is -0.371 e. The third kappa shape index (κ3) is 3.02. The summed E-state index contributed by atoms with van der Waals surface area (Å²) < 4.78 is 1.70. The number of amides is 1. The second kappa shape index (κ2) is 5.21. The summed E-state index contributed by atoms with van der Waals surface area (Å²) >= 11 is 0. The smallest absolute Gasteiger partial charge is 0.242 e. The SMILES string of the molecule is C#CCNC(=O)C(C)Nc1cn(C)nc1C. The Bertz CT molecular complexity index is 416. The Morgan fingerprint density at radius 2 is 2.44 bits per heavy atom. The van der Waals surface area contributed by atoms with Crippen LogP contribution >= 0.6 is 0 Å². The lowest BCUT2D eigenvalue weighted by Crippen LogP contribution is -2.37. The van der Waals surface area contributed by atoms with Crippen molar-refractivity contribution in [2.45, 2.75) is 19.9 Å². The van der Waals surface area contributed by atoms with Gasteiger partial charge in [0.15, 0.2) is 0 Å². The first-order valence-electron chi connectivity index (χ1n) is 5.02. The highest BCUT2D eigenvalue weighted by molar-refractivity contribution is 5.84. The standard InChI is InChI=1S/C11H16N4O/c1-5-6-12-11(16)9(3)13-10-7-15(4)14-8(10)2/h1,7,9,13H,6H2,2-4H3,(H,12,16). The van der Waals surface area contributed by atoms with Crippen LogP contribution in [0.4, 0.5) is 5.69 Å². The number of hydrogen-bond acceptors (Lipinski definition) is 3. The summed E-state index contributed by atoms with van der Waals surface area (Å²) in [5.74, 6) is 2.23. The molecule has 1 rings (SSSR count). The largest absolute Gasteiger partial charge is 0.371 e. The molecule has 0 radical (unpaired) electrons. The lowest BCUT2D eigenvalue weighted by atomic mass is 10.3. The van der Waals surface area contributed by atoms with Crippen molar-refractivity contribution in [2.75, 3.05) is 11.9 Å². The number of carbonyl (C=O) groups excluding carboxylic acids is 1. The van der Waals surface area contributed by atoms with Crippen LogP contribution in [0.3, 0.4) is 0 Å². The Kier molecular flexibility index (Phi) is 3.95. The first-order chi connectivity index (χ1) is 7.54. The highest BCUT2D eigenvalue weighted by Gasteiger charge is 2.13. The van der Waals surface area contributed by atoms with Crippen molar-refractivity contribution in [1.29, 1.82) is 0 Å². The molecule has 1 heterocycles. The van der Waals surface area contributed by atoms with Crippen LogP contribution < -0.4 is 10.6 Å². The zero-order valence-corrected chi connectivity index (χ0v) is 9.74. The molecule has 0 aliphatic rings. The molecule has 16 heavy (non-hydrogen) atoms. The molecule has 1 atom stereocenters. The van der Waals surface area contributed by atoms with Gasteiger partial charge in [-0.2, -0.15) is 5.10 Å². The summed E-state index contributed by atoms with van der Waals surface area (Å²) in [5, 5.41) is 9.87. The number of rotatable bonds is 4. The molecular formula is C11H16N4O. The second-order valence-corrected chi connectivity index (χ2v) is 3.59. The molecule has 5 nitrogen and oxygen atoms in total. The molecule has 1 aromatic rings. The van der Waals surface area contributed by atoms with E-state index < -0.39 is 0 Å². The van der Waals surface area contributed by atoms with Crippen molar-refractivity contribution in [2.24, 2.45) is 7.05 Å². The van der Waals surface area contributed by atoms with Crippen LogP contribution in [0, 0.1) is 19.3 Å². The van der Waals surface area contributed by atoms with E-state index in [9.17, 15) is 4.79 Å². The van der Waals surface area contributed by atoms with E-state index in [0.29, 0.717) is 0 Å². The molecule has 1 unspecified atom stereocenters. The molecule has 2 N–H and O–H groups in total. The topological polar surface area (TPSA) is 59.0 Å². The number of nitrogens with one attached hydrogen (secondary N) is 2. The average molecular weight is 220 g/mol. The average Bonchev–Trinajstić information content (AvgIpc) is 2.53. The van der Waals surface area contributed by atoms with Gasteiger partial charge in [0, 0.05) is 13.2 Å². The van der Waals surface area contributed by atoms with Gasteiger partial charge in [0.25, 0.3) is 0 Å². The van der Waals surface area contributed by atoms with Gasteiger partial charge >= 0.3 is 0 Å². The van der Waals surface area contributed by atoms with E-state index in [1.54, 1.807) is 11.6 Å². The van der Waals surface area contributed by atoms with Crippen molar-refractivity contribution >= 4 is 11.6 Å². The van der Waals surface area contributed by atoms with Crippen LogP contribution in [0.25, 0.3) is 0 Å². The third-order valence-corrected chi connectivity index (χ3v) is 2.14. The van der Waals surface area contributed by atoms with Crippen LogP contribution in [0.2, 0.25) is 0 Å². The summed E-state index contributed by atoms with van der Waals surface area (Å²) in [6.07, 6.45) is 6.89. The van der Waals surface area contributed by atoms with E-state index in [1.807, 2.05) is 20.2 Å². The molecule has 0 spiro atoms. The van der Waals surface area contributed by atoms with E-state index in [4.69, 9.17) is 6.42 Å². The van der Waals surface area contributed by atoms with Gasteiger partial charge in [0.05, 0.1) is 17.9 Å². The number of hydrogen-bond donors (Lipinski definition) is 2.